The lowest BCUT2D eigenvalue weighted by molar-refractivity contribution is 0.774. The first kappa shape index (κ1) is 11.2. The molecule has 2 heterocycles. The van der Waals surface area contributed by atoms with E-state index in [1.165, 1.54) is 17.7 Å². The molecule has 0 bridgehead atoms. The number of thiophene rings is 1. The normalized spacial score (nSPS) is 23.0. The molecule has 1 aliphatic carbocycles. The lowest BCUT2D eigenvalue weighted by Gasteiger charge is -2.05. The maximum atomic E-state index is 5.95. The van der Waals surface area contributed by atoms with Crippen LogP contribution in [0.5, 0.6) is 0 Å². The summed E-state index contributed by atoms with van der Waals surface area (Å²) < 4.78 is 0. The largest absolute Gasteiger partial charge is 0.366 e. The maximum absolute atomic E-state index is 5.95. The lowest BCUT2D eigenvalue weighted by atomic mass is 10.3. The van der Waals surface area contributed by atoms with Gasteiger partial charge in [0.05, 0.1) is 5.39 Å². The fraction of sp³-hybridized carbons (Fsp3) is 0.500. The average molecular weight is 268 g/mol. The Hall–Kier alpha value is -0.870. The van der Waals surface area contributed by atoms with E-state index >= 15 is 0 Å². The van der Waals surface area contributed by atoms with Gasteiger partial charge in [-0.1, -0.05) is 13.3 Å². The van der Waals surface area contributed by atoms with Gasteiger partial charge < -0.3 is 5.32 Å². The molecule has 0 aromatic carbocycles. The molecule has 2 atom stereocenters. The van der Waals surface area contributed by atoms with Crippen LogP contribution in [0.4, 0.5) is 5.82 Å². The average Bonchev–Trinajstić information content (AvgIpc) is 2.91. The molecular weight excluding hydrogens is 254 g/mol. The molecule has 1 fully saturated rings. The second-order valence-electron chi connectivity index (χ2n) is 4.57. The third kappa shape index (κ3) is 2.11. The smallest absolute Gasteiger partial charge is 0.225 e. The van der Waals surface area contributed by atoms with Gasteiger partial charge in [0.2, 0.25) is 5.28 Å². The molecule has 90 valence electrons. The molecule has 0 amide bonds. The van der Waals surface area contributed by atoms with Gasteiger partial charge in [-0.2, -0.15) is 0 Å². The summed E-state index contributed by atoms with van der Waals surface area (Å²) in [4.78, 5) is 10.8. The zero-order valence-corrected chi connectivity index (χ0v) is 11.4. The minimum Gasteiger partial charge on any atom is -0.366 e. The number of rotatable bonds is 3. The first-order valence-electron chi connectivity index (χ1n) is 5.87. The summed E-state index contributed by atoms with van der Waals surface area (Å²) in [5, 5.41) is 4.91. The lowest BCUT2D eigenvalue weighted by Crippen LogP contribution is -2.06. The predicted molar refractivity (Wildman–Crippen MR) is 73.0 cm³/mol. The van der Waals surface area contributed by atoms with Gasteiger partial charge in [-0.3, -0.25) is 0 Å². The van der Waals surface area contributed by atoms with E-state index in [1.54, 1.807) is 11.3 Å². The number of aryl methyl sites for hydroxylation is 1. The Kier molecular flexibility index (Phi) is 2.71. The number of hydrogen-bond acceptors (Lipinski definition) is 4. The predicted octanol–water partition coefficient (Wildman–Crippen LogP) is 3.86. The van der Waals surface area contributed by atoms with Crippen molar-refractivity contribution in [1.82, 2.24) is 9.97 Å². The van der Waals surface area contributed by atoms with Crippen molar-refractivity contribution in [3.8, 4) is 0 Å². The summed E-state index contributed by atoms with van der Waals surface area (Å²) in [5.74, 6) is 1.68. The molecule has 0 spiro atoms. The third-order valence-corrected chi connectivity index (χ3v) is 4.37. The van der Waals surface area contributed by atoms with Crippen molar-refractivity contribution in [3.63, 3.8) is 0 Å². The Morgan fingerprint density at radius 1 is 1.53 bits per heavy atom. The second-order valence-corrected chi connectivity index (χ2v) is 6.14. The summed E-state index contributed by atoms with van der Waals surface area (Å²) >= 11 is 7.61. The zero-order chi connectivity index (χ0) is 12.0. The van der Waals surface area contributed by atoms with Crippen LogP contribution in [0.25, 0.3) is 10.2 Å². The van der Waals surface area contributed by atoms with Crippen LogP contribution in [0, 0.1) is 12.8 Å². The van der Waals surface area contributed by atoms with Gasteiger partial charge in [0.15, 0.2) is 0 Å². The molecule has 3 nitrogen and oxygen atoms in total. The summed E-state index contributed by atoms with van der Waals surface area (Å²) in [6.45, 7) is 4.31. The van der Waals surface area contributed by atoms with E-state index < -0.39 is 0 Å². The molecule has 3 rings (SSSR count). The van der Waals surface area contributed by atoms with Crippen LogP contribution < -0.4 is 5.32 Å². The quantitative estimate of drug-likeness (QED) is 0.858. The van der Waals surface area contributed by atoms with Crippen molar-refractivity contribution in [2.75, 3.05) is 5.32 Å². The van der Waals surface area contributed by atoms with Crippen LogP contribution in [-0.4, -0.2) is 16.0 Å². The fourth-order valence-electron chi connectivity index (χ4n) is 2.18. The highest BCUT2D eigenvalue weighted by Gasteiger charge is 2.35. The van der Waals surface area contributed by atoms with Crippen LogP contribution in [0.15, 0.2) is 6.07 Å². The van der Waals surface area contributed by atoms with Crippen molar-refractivity contribution >= 4 is 39.0 Å². The summed E-state index contributed by atoms with van der Waals surface area (Å²) in [6.07, 6.45) is 2.46. The van der Waals surface area contributed by atoms with Gasteiger partial charge in [-0.15, -0.1) is 11.3 Å². The van der Waals surface area contributed by atoms with Crippen LogP contribution in [0.1, 0.15) is 24.6 Å². The number of hydrogen-bond donors (Lipinski definition) is 1. The van der Waals surface area contributed by atoms with E-state index in [-0.39, 0.29) is 0 Å². The maximum Gasteiger partial charge on any atom is 0.225 e. The summed E-state index contributed by atoms with van der Waals surface area (Å²) in [6, 6.07) is 2.69. The van der Waals surface area contributed by atoms with Crippen molar-refractivity contribution in [1.29, 1.82) is 0 Å². The van der Waals surface area contributed by atoms with Crippen molar-refractivity contribution in [2.24, 2.45) is 5.92 Å². The number of fused-ring (bicyclic) bond motifs is 1. The van der Waals surface area contributed by atoms with Gasteiger partial charge in [0, 0.05) is 10.9 Å². The molecule has 0 radical (unpaired) electrons. The van der Waals surface area contributed by atoms with Crippen LogP contribution in [-0.2, 0) is 0 Å². The highest BCUT2D eigenvalue weighted by molar-refractivity contribution is 7.18. The Balaban J connectivity index is 1.97. The molecule has 0 aliphatic heterocycles. The summed E-state index contributed by atoms with van der Waals surface area (Å²) in [7, 11) is 0. The molecule has 0 saturated heterocycles. The van der Waals surface area contributed by atoms with E-state index in [1.807, 2.05) is 0 Å². The number of nitrogens with one attached hydrogen (secondary N) is 1. The number of aromatic nitrogens is 2. The van der Waals surface area contributed by atoms with Gasteiger partial charge in [0.1, 0.15) is 10.6 Å². The third-order valence-electron chi connectivity index (χ3n) is 3.26. The van der Waals surface area contributed by atoms with Crippen LogP contribution >= 0.6 is 22.9 Å². The van der Waals surface area contributed by atoms with Gasteiger partial charge >= 0.3 is 0 Å². The monoisotopic (exact) mass is 267 g/mol. The van der Waals surface area contributed by atoms with E-state index in [2.05, 4.69) is 35.2 Å². The molecule has 2 aromatic rings. The van der Waals surface area contributed by atoms with E-state index in [0.717, 1.165) is 22.0 Å². The standard InChI is InChI=1S/C12H14ClN3S/c1-3-7-5-9(7)14-10-8-4-6(2)17-11(8)16-12(13)15-10/h4,7,9H,3,5H2,1-2H3,(H,14,15,16). The van der Waals surface area contributed by atoms with Gasteiger partial charge in [0.25, 0.3) is 0 Å². The highest BCUT2D eigenvalue weighted by atomic mass is 35.5. The molecule has 2 aromatic heterocycles. The molecule has 1 N–H and O–H groups in total. The van der Waals surface area contributed by atoms with E-state index in [4.69, 9.17) is 11.6 Å². The zero-order valence-electron chi connectivity index (χ0n) is 9.83. The number of anilines is 1. The molecule has 1 aliphatic rings. The minimum atomic E-state index is 0.329. The topological polar surface area (TPSA) is 37.8 Å². The van der Waals surface area contributed by atoms with E-state index in [0.29, 0.717) is 11.3 Å². The summed E-state index contributed by atoms with van der Waals surface area (Å²) in [5.41, 5.74) is 0. The first-order chi connectivity index (χ1) is 8.17. The van der Waals surface area contributed by atoms with Gasteiger partial charge in [-0.05, 0) is 36.9 Å². The second kappa shape index (κ2) is 4.10. The van der Waals surface area contributed by atoms with Crippen LogP contribution in [0.2, 0.25) is 5.28 Å². The molecule has 5 heteroatoms. The van der Waals surface area contributed by atoms with Crippen LogP contribution in [0.3, 0.4) is 0 Å². The minimum absolute atomic E-state index is 0.329. The SMILES string of the molecule is CCC1CC1Nc1nc(Cl)nc2sc(C)cc12. The Bertz CT molecular complexity index is 566. The Morgan fingerprint density at radius 3 is 3.06 bits per heavy atom. The number of nitrogens with zero attached hydrogens (tertiary/aromatic N) is 2. The van der Waals surface area contributed by atoms with Gasteiger partial charge in [-0.25, -0.2) is 9.97 Å². The Morgan fingerprint density at radius 2 is 2.35 bits per heavy atom. The number of halogens is 1. The molecule has 17 heavy (non-hydrogen) atoms. The Labute approximate surface area is 109 Å². The molecular formula is C12H14ClN3S. The molecule has 1 saturated carbocycles. The van der Waals surface area contributed by atoms with Crippen molar-refractivity contribution in [3.05, 3.63) is 16.2 Å². The van der Waals surface area contributed by atoms with Crippen molar-refractivity contribution in [2.45, 2.75) is 32.7 Å². The first-order valence-corrected chi connectivity index (χ1v) is 7.07. The highest BCUT2D eigenvalue weighted by Crippen LogP contribution is 2.38. The fourth-order valence-corrected chi connectivity index (χ4v) is 3.28. The molecule has 2 unspecified atom stereocenters. The van der Waals surface area contributed by atoms with Crippen molar-refractivity contribution < 1.29 is 0 Å². The van der Waals surface area contributed by atoms with E-state index in [9.17, 15) is 0 Å².